The van der Waals surface area contributed by atoms with Gasteiger partial charge in [0.25, 0.3) is 0 Å². The number of nitrogens with zero attached hydrogens (tertiary/aromatic N) is 3. The largest absolute Gasteiger partial charge is 0.382 e. The van der Waals surface area contributed by atoms with Crippen molar-refractivity contribution in [3.63, 3.8) is 0 Å². The fourth-order valence-electron chi connectivity index (χ4n) is 4.52. The molecule has 0 bridgehead atoms. The first-order valence-corrected chi connectivity index (χ1v) is 11.5. The Morgan fingerprint density at radius 3 is 2.93 bits per heavy atom. The molecular formula is C23H39N5O2. The summed E-state index contributed by atoms with van der Waals surface area (Å²) < 4.78 is 11.3. The van der Waals surface area contributed by atoms with Crippen LogP contribution in [-0.2, 0) is 16.0 Å². The van der Waals surface area contributed by atoms with Gasteiger partial charge in [-0.05, 0) is 56.2 Å². The van der Waals surface area contributed by atoms with Crippen molar-refractivity contribution in [2.24, 2.45) is 10.4 Å². The van der Waals surface area contributed by atoms with Gasteiger partial charge in [0, 0.05) is 52.6 Å². The van der Waals surface area contributed by atoms with Crippen LogP contribution in [0.15, 0.2) is 23.3 Å². The molecule has 0 aromatic carbocycles. The zero-order valence-electron chi connectivity index (χ0n) is 19.0. The molecule has 0 radical (unpaired) electrons. The average Bonchev–Trinajstić information content (AvgIpc) is 3.23. The molecule has 0 spiro atoms. The summed E-state index contributed by atoms with van der Waals surface area (Å²) in [4.78, 5) is 11.3. The van der Waals surface area contributed by atoms with Crippen molar-refractivity contribution >= 4 is 11.8 Å². The van der Waals surface area contributed by atoms with Gasteiger partial charge in [-0.3, -0.25) is 4.99 Å². The second-order valence-corrected chi connectivity index (χ2v) is 8.58. The maximum Gasteiger partial charge on any atom is 0.191 e. The van der Waals surface area contributed by atoms with E-state index in [1.165, 1.54) is 31.2 Å². The molecule has 1 atom stereocenters. The van der Waals surface area contributed by atoms with Gasteiger partial charge in [-0.2, -0.15) is 0 Å². The second kappa shape index (κ2) is 11.5. The lowest BCUT2D eigenvalue weighted by atomic mass is 9.83. The Hall–Kier alpha value is -1.86. The minimum absolute atomic E-state index is 0.246. The van der Waals surface area contributed by atoms with Crippen molar-refractivity contribution in [3.05, 3.63) is 23.9 Å². The topological polar surface area (TPSA) is 71.0 Å². The summed E-state index contributed by atoms with van der Waals surface area (Å²) in [6, 6.07) is 4.23. The predicted octanol–water partition coefficient (Wildman–Crippen LogP) is 2.96. The molecule has 7 nitrogen and oxygen atoms in total. The van der Waals surface area contributed by atoms with Crippen LogP contribution in [0.1, 0.15) is 51.5 Å². The number of ether oxygens (including phenoxy) is 2. The molecule has 2 aliphatic rings. The highest BCUT2D eigenvalue weighted by atomic mass is 16.5. The van der Waals surface area contributed by atoms with Crippen LogP contribution in [0.25, 0.3) is 0 Å². The normalized spacial score (nSPS) is 21.6. The number of aliphatic imine (C=N–C) groups is 1. The molecule has 1 saturated heterocycles. The summed E-state index contributed by atoms with van der Waals surface area (Å²) in [5, 5.41) is 7.04. The molecule has 0 amide bonds. The highest BCUT2D eigenvalue weighted by Crippen LogP contribution is 2.40. The van der Waals surface area contributed by atoms with Crippen molar-refractivity contribution in [2.45, 2.75) is 58.6 Å². The SMILES string of the molecule is CCOCCC1(CNC(=NC)NCc2ccnc(N3CCOC(C)C3)c2)CCCC1. The van der Waals surface area contributed by atoms with E-state index < -0.39 is 0 Å². The summed E-state index contributed by atoms with van der Waals surface area (Å²) in [5.41, 5.74) is 1.54. The minimum atomic E-state index is 0.246. The lowest BCUT2D eigenvalue weighted by Gasteiger charge is -2.32. The third-order valence-electron chi connectivity index (χ3n) is 6.33. The molecule has 2 N–H and O–H groups in total. The first-order valence-electron chi connectivity index (χ1n) is 11.5. The number of pyridine rings is 1. The standard InChI is InChI=1S/C23H39N5O2/c1-4-29-13-10-23(8-5-6-9-23)18-27-22(24-3)26-16-20-7-11-25-21(15-20)28-12-14-30-19(2)17-28/h7,11,15,19H,4-6,8-10,12-14,16-18H2,1-3H3,(H2,24,26,27). The molecule has 1 aliphatic carbocycles. The van der Waals surface area contributed by atoms with Crippen LogP contribution >= 0.6 is 0 Å². The van der Waals surface area contributed by atoms with E-state index >= 15 is 0 Å². The monoisotopic (exact) mass is 417 g/mol. The zero-order valence-corrected chi connectivity index (χ0v) is 19.0. The van der Waals surface area contributed by atoms with Gasteiger partial charge < -0.3 is 25.0 Å². The van der Waals surface area contributed by atoms with E-state index in [9.17, 15) is 0 Å². The van der Waals surface area contributed by atoms with Crippen molar-refractivity contribution in [3.8, 4) is 0 Å². The Morgan fingerprint density at radius 2 is 2.20 bits per heavy atom. The number of morpholine rings is 1. The van der Waals surface area contributed by atoms with Crippen molar-refractivity contribution in [1.29, 1.82) is 0 Å². The molecular weight excluding hydrogens is 378 g/mol. The second-order valence-electron chi connectivity index (χ2n) is 8.58. The van der Waals surface area contributed by atoms with Crippen LogP contribution in [0.2, 0.25) is 0 Å². The molecule has 3 rings (SSSR count). The number of nitrogens with one attached hydrogen (secondary N) is 2. The fraction of sp³-hybridized carbons (Fsp3) is 0.739. The molecule has 2 fully saturated rings. The predicted molar refractivity (Wildman–Crippen MR) is 122 cm³/mol. The molecule has 1 saturated carbocycles. The summed E-state index contributed by atoms with van der Waals surface area (Å²) >= 11 is 0. The summed E-state index contributed by atoms with van der Waals surface area (Å²) in [7, 11) is 1.84. The number of guanidine groups is 1. The van der Waals surface area contributed by atoms with Gasteiger partial charge in [-0.15, -0.1) is 0 Å². The zero-order chi connectivity index (χ0) is 21.2. The maximum atomic E-state index is 5.65. The summed E-state index contributed by atoms with van der Waals surface area (Å²) in [6.07, 6.45) is 8.45. The molecule has 7 heteroatoms. The van der Waals surface area contributed by atoms with E-state index in [2.05, 4.69) is 51.5 Å². The van der Waals surface area contributed by atoms with Gasteiger partial charge in [0.05, 0.1) is 12.7 Å². The smallest absolute Gasteiger partial charge is 0.191 e. The molecule has 1 aromatic heterocycles. The van der Waals surface area contributed by atoms with Gasteiger partial charge in [-0.25, -0.2) is 4.98 Å². The Labute approximate surface area is 181 Å². The Kier molecular flexibility index (Phi) is 8.75. The first-order chi connectivity index (χ1) is 14.6. The Morgan fingerprint density at radius 1 is 1.37 bits per heavy atom. The van der Waals surface area contributed by atoms with Crippen molar-refractivity contribution in [2.75, 3.05) is 51.4 Å². The molecule has 168 valence electrons. The first kappa shape index (κ1) is 22.8. The van der Waals surface area contributed by atoms with Crippen LogP contribution in [-0.4, -0.2) is 63.6 Å². The molecule has 2 heterocycles. The highest BCUT2D eigenvalue weighted by Gasteiger charge is 2.33. The van der Waals surface area contributed by atoms with Crippen LogP contribution in [0.4, 0.5) is 5.82 Å². The highest BCUT2D eigenvalue weighted by molar-refractivity contribution is 5.79. The number of hydrogen-bond acceptors (Lipinski definition) is 5. The van der Waals surface area contributed by atoms with Crippen molar-refractivity contribution < 1.29 is 9.47 Å². The summed E-state index contributed by atoms with van der Waals surface area (Å²) in [5.74, 6) is 1.88. The van der Waals surface area contributed by atoms with Gasteiger partial charge in [0.2, 0.25) is 0 Å². The quantitative estimate of drug-likeness (QED) is 0.366. The summed E-state index contributed by atoms with van der Waals surface area (Å²) in [6.45, 7) is 10.0. The van der Waals surface area contributed by atoms with E-state index in [1.807, 2.05) is 13.2 Å². The molecule has 30 heavy (non-hydrogen) atoms. The minimum Gasteiger partial charge on any atom is -0.382 e. The lowest BCUT2D eigenvalue weighted by molar-refractivity contribution is 0.0529. The molecule has 1 unspecified atom stereocenters. The Bertz CT molecular complexity index is 675. The van der Waals surface area contributed by atoms with Crippen molar-refractivity contribution in [1.82, 2.24) is 15.6 Å². The third kappa shape index (κ3) is 6.57. The van der Waals surface area contributed by atoms with E-state index in [0.29, 0.717) is 5.41 Å². The van der Waals surface area contributed by atoms with E-state index in [0.717, 1.165) is 64.2 Å². The van der Waals surface area contributed by atoms with Crippen LogP contribution in [0, 0.1) is 5.41 Å². The number of rotatable bonds is 9. The van der Waals surface area contributed by atoms with Gasteiger partial charge >= 0.3 is 0 Å². The van der Waals surface area contributed by atoms with E-state index in [1.54, 1.807) is 0 Å². The fourth-order valence-corrected chi connectivity index (χ4v) is 4.52. The van der Waals surface area contributed by atoms with E-state index in [4.69, 9.17) is 9.47 Å². The van der Waals surface area contributed by atoms with E-state index in [-0.39, 0.29) is 6.10 Å². The maximum absolute atomic E-state index is 5.65. The van der Waals surface area contributed by atoms with Gasteiger partial charge in [-0.1, -0.05) is 12.8 Å². The van der Waals surface area contributed by atoms with Crippen LogP contribution in [0.5, 0.6) is 0 Å². The van der Waals surface area contributed by atoms with Crippen LogP contribution < -0.4 is 15.5 Å². The number of hydrogen-bond donors (Lipinski definition) is 2. The molecule has 1 aromatic rings. The van der Waals surface area contributed by atoms with Gasteiger partial charge in [0.15, 0.2) is 5.96 Å². The average molecular weight is 418 g/mol. The Balaban J connectivity index is 1.51. The number of anilines is 1. The molecule has 1 aliphatic heterocycles. The third-order valence-corrected chi connectivity index (χ3v) is 6.33. The lowest BCUT2D eigenvalue weighted by Crippen LogP contribution is -2.43. The number of aromatic nitrogens is 1. The van der Waals surface area contributed by atoms with Crippen LogP contribution in [0.3, 0.4) is 0 Å². The van der Waals surface area contributed by atoms with Gasteiger partial charge in [0.1, 0.15) is 5.82 Å².